The zero-order valence-corrected chi connectivity index (χ0v) is 43.9. The fraction of sp³-hybridized carbons (Fsp3) is 0.0612. The highest BCUT2D eigenvalue weighted by Crippen LogP contribution is 2.53. The van der Waals surface area contributed by atoms with Gasteiger partial charge < -0.3 is 4.42 Å². The van der Waals surface area contributed by atoms with Crippen LogP contribution in [-0.2, 0) is 5.41 Å². The summed E-state index contributed by atoms with van der Waals surface area (Å²) < 4.78 is 8.52. The highest BCUT2D eigenvalue weighted by molar-refractivity contribution is 7.17. The van der Waals surface area contributed by atoms with Gasteiger partial charge in [-0.1, -0.05) is 107 Å². The van der Waals surface area contributed by atoms with Crippen molar-refractivity contribution in [3.05, 3.63) is 83.4 Å². The second kappa shape index (κ2) is 16.1. The van der Waals surface area contributed by atoms with E-state index in [9.17, 15) is 0 Å². The lowest BCUT2D eigenvalue weighted by Crippen LogP contribution is -2.55. The summed E-state index contributed by atoms with van der Waals surface area (Å²) in [4.78, 5) is 21.2. The molecule has 316 valence electrons. The van der Waals surface area contributed by atoms with Crippen LogP contribution in [0.1, 0.15) is 25.0 Å². The number of hydrogen-bond acceptors (Lipinski definition) is 6. The minimum absolute atomic E-state index is 0.157. The molecule has 0 unspecified atom stereocenters. The molecule has 7 aromatic carbocycles. The molecular formula is C49H46B14N4OS. The van der Waals surface area contributed by atoms with Crippen LogP contribution < -0.4 is 76.5 Å². The highest BCUT2D eigenvalue weighted by atomic mass is 32.1. The molecule has 69 heavy (non-hydrogen) atoms. The predicted molar refractivity (Wildman–Crippen MR) is 340 cm³/mol. The van der Waals surface area contributed by atoms with Gasteiger partial charge in [0.05, 0.1) is 15.7 Å². The zero-order valence-electron chi connectivity index (χ0n) is 43.0. The fourth-order valence-electron chi connectivity index (χ4n) is 12.0. The second-order valence-electron chi connectivity index (χ2n) is 20.6. The Balaban J connectivity index is 1.13. The molecule has 0 amide bonds. The van der Waals surface area contributed by atoms with Gasteiger partial charge in [-0.15, -0.1) is 49.6 Å². The van der Waals surface area contributed by atoms with Gasteiger partial charge in [-0.05, 0) is 39.9 Å². The van der Waals surface area contributed by atoms with Gasteiger partial charge in [0, 0.05) is 49.6 Å². The normalized spacial score (nSPS) is 12.8. The first-order chi connectivity index (χ1) is 32.8. The van der Waals surface area contributed by atoms with E-state index < -0.39 is 0 Å². The van der Waals surface area contributed by atoms with Crippen LogP contribution in [0.3, 0.4) is 0 Å². The van der Waals surface area contributed by atoms with Crippen LogP contribution in [0.15, 0.2) is 76.7 Å². The van der Waals surface area contributed by atoms with E-state index in [0.717, 1.165) is 71.9 Å². The van der Waals surface area contributed by atoms with Crippen LogP contribution in [0, 0.1) is 0 Å². The molecule has 0 saturated heterocycles. The first-order valence-corrected chi connectivity index (χ1v) is 25.2. The standard InChI is InChI=1S/C49H46B14N4OS/c1-49(2)21-11-12-23-45(69-14-64-23)24(21)19-10-9-15(13-22(19)49)16-5-3-6-17-18-7-4-8-20(44(18)68-43(16)17)25-29(50)26(31(52)36(57)30(25)51)46-65-47(27-32(53)37(58)41(62)38(59)33(27)54)67-48(66-46)28-34(55)39(60)42(63)40(61)35(28)56/h3-14H,50-63H2,1-2H3. The van der Waals surface area contributed by atoms with Crippen molar-refractivity contribution in [2.75, 3.05) is 0 Å². The SMILES string of the molecule is Bc1c(B)c(B)c(-c2nc(-c3c(B)c(B)c(B)c(B)c3B)nc(-c3c(B)c(B)c(B)c(-c4cccc5c4oc4c(-c6ccc7c(c6)C(C)(C)c6ccc8ncsc8c6-7)cccc45)c3B)n2)c(B)c1B. The minimum Gasteiger partial charge on any atom is -0.455 e. The second-order valence-corrected chi connectivity index (χ2v) is 21.5. The molecule has 0 spiro atoms. The van der Waals surface area contributed by atoms with Crippen molar-refractivity contribution in [3.63, 3.8) is 0 Å². The smallest absolute Gasteiger partial charge is 0.162 e. The fourth-order valence-corrected chi connectivity index (χ4v) is 12.9. The van der Waals surface area contributed by atoms with E-state index in [1.165, 1.54) is 98.0 Å². The zero-order chi connectivity index (χ0) is 48.9. The number of para-hydroxylation sites is 2. The monoisotopic (exact) mass is 892 g/mol. The molecule has 0 aliphatic heterocycles. The summed E-state index contributed by atoms with van der Waals surface area (Å²) in [5.74, 6) is 2.12. The predicted octanol–water partition coefficient (Wildman–Crippen LogP) is -11.4. The number of furan rings is 1. The lowest BCUT2D eigenvalue weighted by molar-refractivity contribution is 0.660. The molecule has 1 aliphatic carbocycles. The van der Waals surface area contributed by atoms with Gasteiger partial charge in [0.25, 0.3) is 0 Å². The van der Waals surface area contributed by atoms with Crippen LogP contribution in [0.5, 0.6) is 0 Å². The third-order valence-electron chi connectivity index (χ3n) is 17.2. The number of thiazole rings is 1. The molecule has 0 atom stereocenters. The van der Waals surface area contributed by atoms with Crippen molar-refractivity contribution in [3.8, 4) is 67.5 Å². The molecule has 0 fully saturated rings. The van der Waals surface area contributed by atoms with Gasteiger partial charge in [0.2, 0.25) is 0 Å². The maximum Gasteiger partial charge on any atom is 0.162 e. The molecule has 20 heteroatoms. The summed E-state index contributed by atoms with van der Waals surface area (Å²) in [6.45, 7) is 4.70. The molecule has 0 saturated carbocycles. The number of fused-ring (bicyclic) bond motifs is 8. The van der Waals surface area contributed by atoms with Gasteiger partial charge >= 0.3 is 0 Å². The van der Waals surface area contributed by atoms with Crippen LogP contribution in [-0.4, -0.2) is 130 Å². The summed E-state index contributed by atoms with van der Waals surface area (Å²) in [5.41, 5.74) is 34.9. The Labute approximate surface area is 421 Å². The average molecular weight is 890 g/mol. The van der Waals surface area contributed by atoms with Gasteiger partial charge in [-0.25, -0.2) is 19.9 Å². The highest BCUT2D eigenvalue weighted by Gasteiger charge is 2.37. The average Bonchev–Trinajstić information content (AvgIpc) is 4.04. The van der Waals surface area contributed by atoms with E-state index >= 15 is 0 Å². The Morgan fingerprint density at radius 2 is 0.870 bits per heavy atom. The van der Waals surface area contributed by atoms with E-state index in [1.807, 2.05) is 5.51 Å². The molecule has 10 aromatic rings. The Bertz CT molecular complexity index is 3820. The number of rotatable bonds is 5. The maximum absolute atomic E-state index is 7.25. The van der Waals surface area contributed by atoms with Crippen molar-refractivity contribution in [1.29, 1.82) is 0 Å². The maximum atomic E-state index is 7.25. The van der Waals surface area contributed by atoms with Crippen molar-refractivity contribution in [1.82, 2.24) is 19.9 Å². The summed E-state index contributed by atoms with van der Waals surface area (Å²) in [6, 6.07) is 24.7. The first-order valence-electron chi connectivity index (χ1n) is 24.3. The molecule has 0 radical (unpaired) electrons. The number of nitrogens with zero attached hydrogens (tertiary/aromatic N) is 4. The summed E-state index contributed by atoms with van der Waals surface area (Å²) >= 11 is 1.73. The van der Waals surface area contributed by atoms with Crippen LogP contribution >= 0.6 is 11.3 Å². The van der Waals surface area contributed by atoms with E-state index in [0.29, 0.717) is 17.5 Å². The Hall–Kier alpha value is -5.85. The largest absolute Gasteiger partial charge is 0.455 e. The van der Waals surface area contributed by atoms with Crippen molar-refractivity contribution in [2.24, 2.45) is 0 Å². The van der Waals surface area contributed by atoms with E-state index in [4.69, 9.17) is 19.4 Å². The van der Waals surface area contributed by atoms with Gasteiger partial charge in [-0.2, -0.15) is 0 Å². The molecule has 3 heterocycles. The van der Waals surface area contributed by atoms with Crippen LogP contribution in [0.4, 0.5) is 0 Å². The van der Waals surface area contributed by atoms with Crippen molar-refractivity contribution >= 4 is 230 Å². The van der Waals surface area contributed by atoms with Gasteiger partial charge in [0.1, 0.15) is 121 Å². The van der Waals surface area contributed by atoms with E-state index in [1.54, 1.807) is 11.3 Å². The molecule has 0 N–H and O–H groups in total. The molecule has 11 rings (SSSR count). The third-order valence-corrected chi connectivity index (χ3v) is 18.0. The lowest BCUT2D eigenvalue weighted by Gasteiger charge is -2.24. The van der Waals surface area contributed by atoms with Gasteiger partial charge in [-0.3, -0.25) is 0 Å². The Kier molecular flexibility index (Phi) is 10.6. The molecule has 5 nitrogen and oxygen atoms in total. The molecule has 1 aliphatic rings. The van der Waals surface area contributed by atoms with Crippen LogP contribution in [0.25, 0.3) is 99.7 Å². The van der Waals surface area contributed by atoms with E-state index in [2.05, 4.69) is 195 Å². The quantitative estimate of drug-likeness (QED) is 0.161. The molecular weight excluding hydrogens is 844 g/mol. The summed E-state index contributed by atoms with van der Waals surface area (Å²) in [5, 5.41) is 2.20. The summed E-state index contributed by atoms with van der Waals surface area (Å²) in [6.07, 6.45) is 0. The van der Waals surface area contributed by atoms with Crippen molar-refractivity contribution < 1.29 is 4.42 Å². The minimum atomic E-state index is -0.157. The number of hydrogen-bond donors (Lipinski definition) is 0. The number of aromatic nitrogens is 4. The van der Waals surface area contributed by atoms with Crippen LogP contribution in [0.2, 0.25) is 0 Å². The van der Waals surface area contributed by atoms with E-state index in [-0.39, 0.29) is 5.41 Å². The topological polar surface area (TPSA) is 64.7 Å². The Morgan fingerprint density at radius 1 is 0.420 bits per heavy atom. The number of benzene rings is 7. The molecule has 3 aromatic heterocycles. The third kappa shape index (κ3) is 6.49. The van der Waals surface area contributed by atoms with Crippen molar-refractivity contribution in [2.45, 2.75) is 19.3 Å². The molecule has 0 bridgehead atoms. The Morgan fingerprint density at radius 3 is 1.41 bits per heavy atom. The first kappa shape index (κ1) is 45.6. The van der Waals surface area contributed by atoms with Gasteiger partial charge in [0.15, 0.2) is 17.5 Å². The summed E-state index contributed by atoms with van der Waals surface area (Å²) in [7, 11) is 31.2. The lowest BCUT2D eigenvalue weighted by atomic mass is 9.60.